The maximum Gasteiger partial charge on any atom is 0.257 e. The number of amides is 1. The molecule has 1 fully saturated rings. The fourth-order valence-corrected chi connectivity index (χ4v) is 2.71. The zero-order chi connectivity index (χ0) is 14.8. The van der Waals surface area contributed by atoms with E-state index in [4.69, 9.17) is 5.73 Å². The number of carbonyl (C=O) groups is 1. The van der Waals surface area contributed by atoms with Gasteiger partial charge in [0.1, 0.15) is 0 Å². The molecule has 3 heterocycles. The van der Waals surface area contributed by atoms with Gasteiger partial charge >= 0.3 is 0 Å². The van der Waals surface area contributed by atoms with Gasteiger partial charge in [-0.15, -0.1) is 0 Å². The zero-order valence-corrected chi connectivity index (χ0v) is 12.1. The van der Waals surface area contributed by atoms with Crippen LogP contribution in [0.2, 0.25) is 0 Å². The summed E-state index contributed by atoms with van der Waals surface area (Å²) in [5.74, 6) is 0.744. The Hall–Kier alpha value is -2.21. The minimum absolute atomic E-state index is 0.0157. The maximum absolute atomic E-state index is 12.6. The molecular formula is C15H19N5O. The lowest BCUT2D eigenvalue weighted by Crippen LogP contribution is -2.32. The van der Waals surface area contributed by atoms with Crippen LogP contribution >= 0.6 is 0 Å². The van der Waals surface area contributed by atoms with Crippen LogP contribution in [0.5, 0.6) is 0 Å². The van der Waals surface area contributed by atoms with E-state index in [1.165, 1.54) is 0 Å². The molecule has 2 aromatic heterocycles. The zero-order valence-electron chi connectivity index (χ0n) is 12.1. The van der Waals surface area contributed by atoms with Crippen LogP contribution in [0.25, 0.3) is 5.82 Å². The first kappa shape index (κ1) is 13.8. The second-order valence-electron chi connectivity index (χ2n) is 5.26. The Morgan fingerprint density at radius 3 is 2.95 bits per heavy atom. The van der Waals surface area contributed by atoms with E-state index in [2.05, 4.69) is 10.1 Å². The Morgan fingerprint density at radius 1 is 1.48 bits per heavy atom. The normalized spacial score (nSPS) is 18.2. The molecule has 110 valence electrons. The summed E-state index contributed by atoms with van der Waals surface area (Å²) in [7, 11) is 0. The van der Waals surface area contributed by atoms with Crippen LogP contribution in [0.1, 0.15) is 29.4 Å². The summed E-state index contributed by atoms with van der Waals surface area (Å²) < 4.78 is 1.74. The highest BCUT2D eigenvalue weighted by Gasteiger charge is 2.27. The highest BCUT2D eigenvalue weighted by atomic mass is 16.2. The summed E-state index contributed by atoms with van der Waals surface area (Å²) in [6.45, 7) is 3.36. The lowest BCUT2D eigenvalue weighted by atomic mass is 10.2. The van der Waals surface area contributed by atoms with Crippen molar-refractivity contribution in [2.75, 3.05) is 13.1 Å². The van der Waals surface area contributed by atoms with E-state index < -0.39 is 0 Å². The van der Waals surface area contributed by atoms with Crippen LogP contribution in [0.15, 0.2) is 30.6 Å². The molecule has 6 nitrogen and oxygen atoms in total. The average molecular weight is 285 g/mol. The second kappa shape index (κ2) is 5.65. The summed E-state index contributed by atoms with van der Waals surface area (Å²) in [6, 6.07) is 5.73. The van der Waals surface area contributed by atoms with Crippen molar-refractivity contribution in [3.05, 3.63) is 41.9 Å². The van der Waals surface area contributed by atoms with Crippen LogP contribution in [0, 0.1) is 0 Å². The standard InChI is InChI=1S/C15H19N5O/c1-2-13-12(15(21)19-8-6-11(16)10-19)9-18-20(13)14-5-3-4-7-17-14/h3-5,7,9,11H,2,6,8,10,16H2,1H3/t11-/m1/s1. The molecule has 0 radical (unpaired) electrons. The van der Waals surface area contributed by atoms with Crippen molar-refractivity contribution in [1.29, 1.82) is 0 Å². The SMILES string of the molecule is CCc1c(C(=O)N2CC[C@@H](N)C2)cnn1-c1ccccn1. The monoisotopic (exact) mass is 285 g/mol. The van der Waals surface area contributed by atoms with Crippen molar-refractivity contribution >= 4 is 5.91 Å². The summed E-state index contributed by atoms with van der Waals surface area (Å²) in [5, 5.41) is 4.34. The van der Waals surface area contributed by atoms with Crippen molar-refractivity contribution in [3.63, 3.8) is 0 Å². The lowest BCUT2D eigenvalue weighted by Gasteiger charge is -2.16. The summed E-state index contributed by atoms with van der Waals surface area (Å²) in [4.78, 5) is 18.7. The molecule has 0 spiro atoms. The average Bonchev–Trinajstić information content (AvgIpc) is 3.13. The number of hydrogen-bond acceptors (Lipinski definition) is 4. The van der Waals surface area contributed by atoms with E-state index in [0.717, 1.165) is 30.9 Å². The van der Waals surface area contributed by atoms with Crippen LogP contribution in [0.3, 0.4) is 0 Å². The number of pyridine rings is 1. The summed E-state index contributed by atoms with van der Waals surface area (Å²) in [6.07, 6.45) is 4.94. The van der Waals surface area contributed by atoms with Gasteiger partial charge in [-0.3, -0.25) is 4.79 Å². The molecule has 21 heavy (non-hydrogen) atoms. The van der Waals surface area contributed by atoms with E-state index in [-0.39, 0.29) is 11.9 Å². The minimum atomic E-state index is 0.0157. The molecule has 0 aliphatic carbocycles. The highest BCUT2D eigenvalue weighted by Crippen LogP contribution is 2.18. The molecule has 0 unspecified atom stereocenters. The Morgan fingerprint density at radius 2 is 2.33 bits per heavy atom. The molecule has 2 N–H and O–H groups in total. The maximum atomic E-state index is 12.6. The van der Waals surface area contributed by atoms with Crippen LogP contribution in [0.4, 0.5) is 0 Å². The lowest BCUT2D eigenvalue weighted by molar-refractivity contribution is 0.0790. The van der Waals surface area contributed by atoms with Crippen molar-refractivity contribution in [2.45, 2.75) is 25.8 Å². The number of carbonyl (C=O) groups excluding carboxylic acids is 1. The first-order valence-corrected chi connectivity index (χ1v) is 7.24. The molecule has 1 aliphatic heterocycles. The van der Waals surface area contributed by atoms with Crippen molar-refractivity contribution in [2.24, 2.45) is 5.73 Å². The Labute approximate surface area is 123 Å². The van der Waals surface area contributed by atoms with Crippen LogP contribution in [-0.4, -0.2) is 44.7 Å². The minimum Gasteiger partial charge on any atom is -0.337 e. The van der Waals surface area contributed by atoms with Crippen LogP contribution < -0.4 is 5.73 Å². The van der Waals surface area contributed by atoms with Gasteiger partial charge in [0.05, 0.1) is 17.5 Å². The predicted molar refractivity (Wildman–Crippen MR) is 79.2 cm³/mol. The third-order valence-electron chi connectivity index (χ3n) is 3.81. The van der Waals surface area contributed by atoms with Gasteiger partial charge in [-0.05, 0) is 25.0 Å². The first-order valence-electron chi connectivity index (χ1n) is 7.24. The topological polar surface area (TPSA) is 77.0 Å². The number of aromatic nitrogens is 3. The first-order chi connectivity index (χ1) is 10.2. The quantitative estimate of drug-likeness (QED) is 0.912. The predicted octanol–water partition coefficient (Wildman–Crippen LogP) is 1.00. The molecule has 0 bridgehead atoms. The fraction of sp³-hybridized carbons (Fsp3) is 0.400. The van der Waals surface area contributed by atoms with E-state index >= 15 is 0 Å². The summed E-state index contributed by atoms with van der Waals surface area (Å²) in [5.41, 5.74) is 7.42. The van der Waals surface area contributed by atoms with Crippen molar-refractivity contribution in [3.8, 4) is 5.82 Å². The number of nitrogens with two attached hydrogens (primary N) is 1. The summed E-state index contributed by atoms with van der Waals surface area (Å²) >= 11 is 0. The van der Waals surface area contributed by atoms with Gasteiger partial charge in [-0.2, -0.15) is 5.10 Å². The van der Waals surface area contributed by atoms with Gasteiger partial charge in [-0.25, -0.2) is 9.67 Å². The third kappa shape index (κ3) is 2.54. The number of likely N-dealkylation sites (tertiary alicyclic amines) is 1. The largest absolute Gasteiger partial charge is 0.337 e. The number of hydrogen-bond donors (Lipinski definition) is 1. The molecule has 0 saturated carbocycles. The van der Waals surface area contributed by atoms with Gasteiger partial charge < -0.3 is 10.6 Å². The molecule has 2 aromatic rings. The van der Waals surface area contributed by atoms with Crippen molar-refractivity contribution in [1.82, 2.24) is 19.7 Å². The van der Waals surface area contributed by atoms with Gasteiger partial charge in [0, 0.05) is 25.3 Å². The van der Waals surface area contributed by atoms with Gasteiger partial charge in [-0.1, -0.05) is 13.0 Å². The molecule has 3 rings (SSSR count). The van der Waals surface area contributed by atoms with E-state index in [0.29, 0.717) is 12.1 Å². The molecule has 1 atom stereocenters. The highest BCUT2D eigenvalue weighted by molar-refractivity contribution is 5.95. The van der Waals surface area contributed by atoms with E-state index in [1.54, 1.807) is 17.1 Å². The molecule has 6 heteroatoms. The Kier molecular flexibility index (Phi) is 3.70. The smallest absolute Gasteiger partial charge is 0.257 e. The fourth-order valence-electron chi connectivity index (χ4n) is 2.71. The molecule has 1 amide bonds. The number of rotatable bonds is 3. The molecular weight excluding hydrogens is 266 g/mol. The Balaban J connectivity index is 1.94. The second-order valence-corrected chi connectivity index (χ2v) is 5.26. The van der Waals surface area contributed by atoms with Gasteiger partial charge in [0.15, 0.2) is 5.82 Å². The van der Waals surface area contributed by atoms with Gasteiger partial charge in [0.2, 0.25) is 0 Å². The third-order valence-corrected chi connectivity index (χ3v) is 3.81. The van der Waals surface area contributed by atoms with E-state index in [9.17, 15) is 4.79 Å². The molecule has 1 aliphatic rings. The molecule has 1 saturated heterocycles. The van der Waals surface area contributed by atoms with E-state index in [1.807, 2.05) is 30.0 Å². The van der Waals surface area contributed by atoms with Gasteiger partial charge in [0.25, 0.3) is 5.91 Å². The van der Waals surface area contributed by atoms with Crippen LogP contribution in [-0.2, 0) is 6.42 Å². The molecule has 0 aromatic carbocycles. The Bertz CT molecular complexity index is 637. The number of nitrogens with zero attached hydrogens (tertiary/aromatic N) is 4. The van der Waals surface area contributed by atoms with Crippen molar-refractivity contribution < 1.29 is 4.79 Å².